The van der Waals surface area contributed by atoms with Crippen molar-refractivity contribution in [3.8, 4) is 6.07 Å². The first-order valence-electron chi connectivity index (χ1n) is 7.58. The summed E-state index contributed by atoms with van der Waals surface area (Å²) in [5.74, 6) is -0.218. The molecule has 2 N–H and O–H groups in total. The first kappa shape index (κ1) is 16.6. The highest BCUT2D eigenvalue weighted by Gasteiger charge is 2.06. The van der Waals surface area contributed by atoms with E-state index < -0.39 is 0 Å². The summed E-state index contributed by atoms with van der Waals surface area (Å²) in [5.41, 5.74) is 3.46. The van der Waals surface area contributed by atoms with Crippen LogP contribution in [0.2, 0.25) is 5.02 Å². The number of nitrogens with zero attached hydrogens (tertiary/aromatic N) is 1. The number of nitriles is 1. The minimum atomic E-state index is -0.218. The van der Waals surface area contributed by atoms with E-state index in [9.17, 15) is 4.79 Å². The van der Waals surface area contributed by atoms with Crippen molar-refractivity contribution in [3.63, 3.8) is 0 Å². The van der Waals surface area contributed by atoms with E-state index in [1.54, 1.807) is 48.5 Å². The molecular weight excluding hydrogens is 334 g/mol. The van der Waals surface area contributed by atoms with E-state index >= 15 is 0 Å². The Morgan fingerprint density at radius 2 is 1.60 bits per heavy atom. The van der Waals surface area contributed by atoms with Crippen molar-refractivity contribution >= 4 is 34.6 Å². The molecule has 0 radical (unpaired) electrons. The number of hydrogen-bond acceptors (Lipinski definition) is 3. The molecule has 3 rings (SSSR count). The fourth-order valence-corrected chi connectivity index (χ4v) is 2.49. The van der Waals surface area contributed by atoms with Crippen LogP contribution in [0.25, 0.3) is 0 Å². The molecule has 0 heterocycles. The minimum absolute atomic E-state index is 0.218. The van der Waals surface area contributed by atoms with Gasteiger partial charge < -0.3 is 10.6 Å². The quantitative estimate of drug-likeness (QED) is 0.681. The van der Waals surface area contributed by atoms with E-state index in [1.165, 1.54) is 0 Å². The first-order valence-corrected chi connectivity index (χ1v) is 7.96. The lowest BCUT2D eigenvalue weighted by atomic mass is 10.2. The van der Waals surface area contributed by atoms with Gasteiger partial charge >= 0.3 is 0 Å². The largest absolute Gasteiger partial charge is 0.355 e. The second-order valence-corrected chi connectivity index (χ2v) is 5.80. The van der Waals surface area contributed by atoms with Crippen molar-refractivity contribution in [1.29, 1.82) is 5.26 Å². The topological polar surface area (TPSA) is 64.9 Å². The molecule has 3 aromatic rings. The van der Waals surface area contributed by atoms with Gasteiger partial charge in [0.2, 0.25) is 0 Å². The van der Waals surface area contributed by atoms with Crippen molar-refractivity contribution in [2.45, 2.75) is 0 Å². The van der Waals surface area contributed by atoms with Gasteiger partial charge in [-0.2, -0.15) is 5.26 Å². The highest BCUT2D eigenvalue weighted by molar-refractivity contribution is 6.31. The van der Waals surface area contributed by atoms with E-state index in [2.05, 4.69) is 16.7 Å². The number of rotatable bonds is 4. The number of carbonyl (C=O) groups is 1. The SMILES string of the molecule is N#Cc1cccc(Nc2ccc(NC(=O)c3cccc(Cl)c3)cc2)c1. The summed E-state index contributed by atoms with van der Waals surface area (Å²) in [4.78, 5) is 12.2. The van der Waals surface area contributed by atoms with Crippen LogP contribution in [0.1, 0.15) is 15.9 Å². The summed E-state index contributed by atoms with van der Waals surface area (Å²) in [5, 5.41) is 15.5. The number of halogens is 1. The van der Waals surface area contributed by atoms with Crippen LogP contribution >= 0.6 is 11.6 Å². The van der Waals surface area contributed by atoms with Gasteiger partial charge in [0.1, 0.15) is 0 Å². The molecule has 0 atom stereocenters. The van der Waals surface area contributed by atoms with Gasteiger partial charge in [-0.25, -0.2) is 0 Å². The Morgan fingerprint density at radius 1 is 0.880 bits per heavy atom. The second kappa shape index (κ2) is 7.52. The Hall–Kier alpha value is -3.29. The van der Waals surface area contributed by atoms with Crippen molar-refractivity contribution in [1.82, 2.24) is 0 Å². The zero-order valence-corrected chi connectivity index (χ0v) is 13.9. The lowest BCUT2D eigenvalue weighted by Gasteiger charge is -2.09. The van der Waals surface area contributed by atoms with E-state index in [0.717, 1.165) is 11.4 Å². The van der Waals surface area contributed by atoms with Crippen molar-refractivity contribution < 1.29 is 4.79 Å². The predicted octanol–water partition coefficient (Wildman–Crippen LogP) is 5.21. The number of nitrogens with one attached hydrogen (secondary N) is 2. The van der Waals surface area contributed by atoms with Gasteiger partial charge in [-0.15, -0.1) is 0 Å². The number of hydrogen-bond donors (Lipinski definition) is 2. The monoisotopic (exact) mass is 347 g/mol. The van der Waals surface area contributed by atoms with Crippen LogP contribution in [-0.2, 0) is 0 Å². The van der Waals surface area contributed by atoms with E-state index in [1.807, 2.05) is 24.3 Å². The molecule has 0 aliphatic heterocycles. The maximum atomic E-state index is 12.2. The molecule has 0 aliphatic carbocycles. The molecule has 25 heavy (non-hydrogen) atoms. The van der Waals surface area contributed by atoms with Crippen LogP contribution in [0.3, 0.4) is 0 Å². The average Bonchev–Trinajstić information content (AvgIpc) is 2.63. The maximum Gasteiger partial charge on any atom is 0.255 e. The van der Waals surface area contributed by atoms with Crippen LogP contribution in [0, 0.1) is 11.3 Å². The van der Waals surface area contributed by atoms with Crippen molar-refractivity contribution in [2.24, 2.45) is 0 Å². The van der Waals surface area contributed by atoms with Gasteiger partial charge in [0.25, 0.3) is 5.91 Å². The van der Waals surface area contributed by atoms with E-state index in [-0.39, 0.29) is 5.91 Å². The third kappa shape index (κ3) is 4.37. The molecular formula is C20H14ClN3O. The van der Waals surface area contributed by atoms with Crippen LogP contribution in [0.4, 0.5) is 17.1 Å². The summed E-state index contributed by atoms with van der Waals surface area (Å²) in [6.07, 6.45) is 0. The molecule has 0 fully saturated rings. The Bertz CT molecular complexity index is 946. The summed E-state index contributed by atoms with van der Waals surface area (Å²) < 4.78 is 0. The van der Waals surface area contributed by atoms with Crippen LogP contribution in [0.15, 0.2) is 72.8 Å². The van der Waals surface area contributed by atoms with Crippen LogP contribution in [-0.4, -0.2) is 5.91 Å². The fourth-order valence-electron chi connectivity index (χ4n) is 2.30. The first-order chi connectivity index (χ1) is 12.1. The molecule has 3 aromatic carbocycles. The number of benzene rings is 3. The predicted molar refractivity (Wildman–Crippen MR) is 100 cm³/mol. The Kier molecular flexibility index (Phi) is 4.98. The third-order valence-electron chi connectivity index (χ3n) is 3.51. The molecule has 0 aliphatic rings. The standard InChI is InChI=1S/C20H14ClN3O/c21-16-5-2-4-15(12-16)20(25)24-18-9-7-17(8-10-18)23-19-6-1-3-14(11-19)13-22/h1-12,23H,(H,24,25). The number of amides is 1. The summed E-state index contributed by atoms with van der Waals surface area (Å²) >= 11 is 5.90. The lowest BCUT2D eigenvalue weighted by Crippen LogP contribution is -2.11. The lowest BCUT2D eigenvalue weighted by molar-refractivity contribution is 0.102. The Balaban J connectivity index is 1.68. The van der Waals surface area contributed by atoms with Gasteiger partial charge in [-0.05, 0) is 60.7 Å². The van der Waals surface area contributed by atoms with Gasteiger partial charge in [0.05, 0.1) is 11.6 Å². The van der Waals surface area contributed by atoms with Crippen molar-refractivity contribution in [2.75, 3.05) is 10.6 Å². The normalized spacial score (nSPS) is 9.92. The summed E-state index contributed by atoms with van der Waals surface area (Å²) in [6.45, 7) is 0. The Morgan fingerprint density at radius 3 is 2.32 bits per heavy atom. The molecule has 122 valence electrons. The van der Waals surface area contributed by atoms with E-state index in [4.69, 9.17) is 16.9 Å². The van der Waals surface area contributed by atoms with Gasteiger partial charge in [-0.3, -0.25) is 4.79 Å². The van der Waals surface area contributed by atoms with Crippen LogP contribution < -0.4 is 10.6 Å². The zero-order valence-electron chi connectivity index (χ0n) is 13.2. The number of anilines is 3. The second-order valence-electron chi connectivity index (χ2n) is 5.36. The molecule has 0 spiro atoms. The molecule has 0 unspecified atom stereocenters. The maximum absolute atomic E-state index is 12.2. The van der Waals surface area contributed by atoms with Gasteiger partial charge in [0, 0.05) is 27.6 Å². The molecule has 1 amide bonds. The van der Waals surface area contributed by atoms with Gasteiger partial charge in [-0.1, -0.05) is 23.7 Å². The molecule has 0 saturated carbocycles. The zero-order chi connectivity index (χ0) is 17.6. The van der Waals surface area contributed by atoms with E-state index in [0.29, 0.717) is 21.8 Å². The highest BCUT2D eigenvalue weighted by atomic mass is 35.5. The summed E-state index contributed by atoms with van der Waals surface area (Å²) in [7, 11) is 0. The number of carbonyl (C=O) groups excluding carboxylic acids is 1. The fraction of sp³-hybridized carbons (Fsp3) is 0. The average molecular weight is 348 g/mol. The molecule has 5 heteroatoms. The highest BCUT2D eigenvalue weighted by Crippen LogP contribution is 2.20. The molecule has 0 aromatic heterocycles. The van der Waals surface area contributed by atoms with Gasteiger partial charge in [0.15, 0.2) is 0 Å². The third-order valence-corrected chi connectivity index (χ3v) is 3.75. The van der Waals surface area contributed by atoms with Crippen LogP contribution in [0.5, 0.6) is 0 Å². The van der Waals surface area contributed by atoms with Crippen molar-refractivity contribution in [3.05, 3.63) is 88.9 Å². The summed E-state index contributed by atoms with van der Waals surface area (Å²) in [6, 6.07) is 23.4. The molecule has 4 nitrogen and oxygen atoms in total. The molecule has 0 bridgehead atoms. The Labute approximate surface area is 150 Å². The minimum Gasteiger partial charge on any atom is -0.355 e. The molecule has 0 saturated heterocycles. The smallest absolute Gasteiger partial charge is 0.255 e.